The number of aromatic nitrogens is 2. The molecule has 0 aliphatic carbocycles. The Balaban J connectivity index is 2.02. The van der Waals surface area contributed by atoms with Crippen molar-refractivity contribution in [3.8, 4) is 11.5 Å². The van der Waals surface area contributed by atoms with Gasteiger partial charge in [0.1, 0.15) is 0 Å². The van der Waals surface area contributed by atoms with E-state index in [1.165, 1.54) is 7.11 Å². The number of ether oxygens (including phenoxy) is 2. The van der Waals surface area contributed by atoms with Gasteiger partial charge in [0.25, 0.3) is 5.91 Å². The first kappa shape index (κ1) is 15.9. The highest BCUT2D eigenvalue weighted by Crippen LogP contribution is 2.30. The lowest BCUT2D eigenvalue weighted by atomic mass is 10.1. The van der Waals surface area contributed by atoms with Crippen LogP contribution in [0.2, 0.25) is 0 Å². The standard InChI is InChI=1S/C16H21N3O3/c1-11-10-12(2)19(18-11)9-8-17-16(20)13-6-5-7-14(21-3)15(13)22-4/h5-7,10H,8-9H2,1-4H3,(H,17,20). The summed E-state index contributed by atoms with van der Waals surface area (Å²) in [5.74, 6) is 0.777. The van der Waals surface area contributed by atoms with Crippen molar-refractivity contribution in [2.45, 2.75) is 20.4 Å². The maximum Gasteiger partial charge on any atom is 0.255 e. The van der Waals surface area contributed by atoms with Gasteiger partial charge in [-0.1, -0.05) is 6.07 Å². The number of aryl methyl sites for hydroxylation is 2. The molecule has 0 atom stereocenters. The molecule has 0 radical (unpaired) electrons. The summed E-state index contributed by atoms with van der Waals surface area (Å²) in [4.78, 5) is 12.3. The monoisotopic (exact) mass is 303 g/mol. The average Bonchev–Trinajstić information content (AvgIpc) is 2.84. The summed E-state index contributed by atoms with van der Waals surface area (Å²) in [5.41, 5.74) is 2.50. The number of hydrogen-bond donors (Lipinski definition) is 1. The van der Waals surface area contributed by atoms with Crippen molar-refractivity contribution < 1.29 is 14.3 Å². The molecule has 0 saturated carbocycles. The molecule has 118 valence electrons. The van der Waals surface area contributed by atoms with E-state index < -0.39 is 0 Å². The molecule has 22 heavy (non-hydrogen) atoms. The predicted octanol–water partition coefficient (Wildman–Crippen LogP) is 1.95. The number of para-hydroxylation sites is 1. The molecule has 1 aromatic heterocycles. The number of methoxy groups -OCH3 is 2. The lowest BCUT2D eigenvalue weighted by Crippen LogP contribution is -2.28. The molecule has 1 heterocycles. The molecule has 0 saturated heterocycles. The second-order valence-electron chi connectivity index (χ2n) is 4.95. The van der Waals surface area contributed by atoms with E-state index in [4.69, 9.17) is 9.47 Å². The van der Waals surface area contributed by atoms with Crippen LogP contribution in [0.5, 0.6) is 11.5 Å². The van der Waals surface area contributed by atoms with Crippen LogP contribution in [0.3, 0.4) is 0 Å². The maximum absolute atomic E-state index is 12.3. The number of rotatable bonds is 6. The third-order valence-corrected chi connectivity index (χ3v) is 3.36. The number of carbonyl (C=O) groups is 1. The number of carbonyl (C=O) groups excluding carboxylic acids is 1. The second-order valence-corrected chi connectivity index (χ2v) is 4.95. The van der Waals surface area contributed by atoms with Gasteiger partial charge in [0.2, 0.25) is 0 Å². The molecular formula is C16H21N3O3. The van der Waals surface area contributed by atoms with Crippen molar-refractivity contribution in [3.05, 3.63) is 41.2 Å². The largest absolute Gasteiger partial charge is 0.493 e. The van der Waals surface area contributed by atoms with Crippen molar-refractivity contribution in [1.29, 1.82) is 0 Å². The number of hydrogen-bond acceptors (Lipinski definition) is 4. The molecule has 6 nitrogen and oxygen atoms in total. The Hall–Kier alpha value is -2.50. The molecule has 0 aliphatic heterocycles. The summed E-state index contributed by atoms with van der Waals surface area (Å²) in [6.07, 6.45) is 0. The highest BCUT2D eigenvalue weighted by atomic mass is 16.5. The zero-order chi connectivity index (χ0) is 16.1. The first-order valence-corrected chi connectivity index (χ1v) is 7.07. The molecule has 0 bridgehead atoms. The number of nitrogens with zero attached hydrogens (tertiary/aromatic N) is 2. The van der Waals surface area contributed by atoms with Crippen LogP contribution in [0.25, 0.3) is 0 Å². The quantitative estimate of drug-likeness (QED) is 0.886. The molecule has 6 heteroatoms. The normalized spacial score (nSPS) is 10.4. The molecule has 2 aromatic rings. The minimum Gasteiger partial charge on any atom is -0.493 e. The average molecular weight is 303 g/mol. The lowest BCUT2D eigenvalue weighted by molar-refractivity contribution is 0.0948. The Morgan fingerprint density at radius 1 is 1.27 bits per heavy atom. The zero-order valence-electron chi connectivity index (χ0n) is 13.3. The van der Waals surface area contributed by atoms with Crippen molar-refractivity contribution >= 4 is 5.91 Å². The fourth-order valence-corrected chi connectivity index (χ4v) is 2.34. The molecular weight excluding hydrogens is 282 g/mol. The van der Waals surface area contributed by atoms with E-state index >= 15 is 0 Å². The van der Waals surface area contributed by atoms with E-state index in [1.54, 1.807) is 25.3 Å². The van der Waals surface area contributed by atoms with E-state index in [1.807, 2.05) is 24.6 Å². The molecule has 0 spiro atoms. The SMILES string of the molecule is COc1cccc(C(=O)NCCn2nc(C)cc2C)c1OC. The lowest BCUT2D eigenvalue weighted by Gasteiger charge is -2.12. The second kappa shape index (κ2) is 6.98. The van der Waals surface area contributed by atoms with Gasteiger partial charge in [-0.15, -0.1) is 0 Å². The molecule has 0 unspecified atom stereocenters. The molecule has 1 amide bonds. The number of benzene rings is 1. The van der Waals surface area contributed by atoms with E-state index in [0.717, 1.165) is 11.4 Å². The highest BCUT2D eigenvalue weighted by Gasteiger charge is 2.15. The van der Waals surface area contributed by atoms with Crippen molar-refractivity contribution in [1.82, 2.24) is 15.1 Å². The summed E-state index contributed by atoms with van der Waals surface area (Å²) < 4.78 is 12.3. The fourth-order valence-electron chi connectivity index (χ4n) is 2.34. The summed E-state index contributed by atoms with van der Waals surface area (Å²) in [5, 5.41) is 7.24. The van der Waals surface area contributed by atoms with Crippen molar-refractivity contribution in [2.75, 3.05) is 20.8 Å². The topological polar surface area (TPSA) is 65.4 Å². The Morgan fingerprint density at radius 2 is 2.05 bits per heavy atom. The van der Waals surface area contributed by atoms with Crippen LogP contribution in [0.1, 0.15) is 21.7 Å². The van der Waals surface area contributed by atoms with Gasteiger partial charge in [-0.3, -0.25) is 9.48 Å². The summed E-state index contributed by atoms with van der Waals surface area (Å²) in [7, 11) is 3.06. The summed E-state index contributed by atoms with van der Waals surface area (Å²) in [6.45, 7) is 5.05. The van der Waals surface area contributed by atoms with E-state index in [0.29, 0.717) is 30.2 Å². The first-order valence-electron chi connectivity index (χ1n) is 7.07. The van der Waals surface area contributed by atoms with Crippen LogP contribution in [0.15, 0.2) is 24.3 Å². The van der Waals surface area contributed by atoms with Crippen LogP contribution < -0.4 is 14.8 Å². The smallest absolute Gasteiger partial charge is 0.255 e. The van der Waals surface area contributed by atoms with Gasteiger partial charge in [0.15, 0.2) is 11.5 Å². The van der Waals surface area contributed by atoms with Gasteiger partial charge in [-0.25, -0.2) is 0 Å². The van der Waals surface area contributed by atoms with Crippen molar-refractivity contribution in [2.24, 2.45) is 0 Å². The van der Waals surface area contributed by atoms with E-state index in [-0.39, 0.29) is 5.91 Å². The zero-order valence-corrected chi connectivity index (χ0v) is 13.3. The highest BCUT2D eigenvalue weighted by molar-refractivity contribution is 5.97. The molecule has 0 fully saturated rings. The molecule has 1 aromatic carbocycles. The Bertz CT molecular complexity index is 665. The summed E-state index contributed by atoms with van der Waals surface area (Å²) >= 11 is 0. The van der Waals surface area contributed by atoms with Gasteiger partial charge in [-0.2, -0.15) is 5.10 Å². The van der Waals surface area contributed by atoms with E-state index in [2.05, 4.69) is 10.4 Å². The molecule has 0 aliphatic rings. The fraction of sp³-hybridized carbons (Fsp3) is 0.375. The first-order chi connectivity index (χ1) is 10.6. The summed E-state index contributed by atoms with van der Waals surface area (Å²) in [6, 6.07) is 7.23. The Labute approximate surface area is 130 Å². The van der Waals surface area contributed by atoms with Gasteiger partial charge in [0.05, 0.1) is 32.0 Å². The van der Waals surface area contributed by atoms with Crippen LogP contribution in [0.4, 0.5) is 0 Å². The number of amides is 1. The van der Waals surface area contributed by atoms with Gasteiger partial charge in [-0.05, 0) is 32.0 Å². The van der Waals surface area contributed by atoms with Crippen LogP contribution in [-0.4, -0.2) is 36.5 Å². The Kier molecular flexibility index (Phi) is 5.04. The minimum absolute atomic E-state index is 0.197. The Morgan fingerprint density at radius 3 is 2.64 bits per heavy atom. The third kappa shape index (κ3) is 3.39. The van der Waals surface area contributed by atoms with Crippen LogP contribution in [0, 0.1) is 13.8 Å². The molecule has 2 rings (SSSR count). The van der Waals surface area contributed by atoms with Gasteiger partial charge in [0, 0.05) is 12.2 Å². The maximum atomic E-state index is 12.3. The predicted molar refractivity (Wildman–Crippen MR) is 83.6 cm³/mol. The third-order valence-electron chi connectivity index (χ3n) is 3.36. The van der Waals surface area contributed by atoms with Crippen molar-refractivity contribution in [3.63, 3.8) is 0 Å². The van der Waals surface area contributed by atoms with Gasteiger partial charge < -0.3 is 14.8 Å². The minimum atomic E-state index is -0.197. The van der Waals surface area contributed by atoms with E-state index in [9.17, 15) is 4.79 Å². The van der Waals surface area contributed by atoms with Crippen LogP contribution >= 0.6 is 0 Å². The van der Waals surface area contributed by atoms with Gasteiger partial charge >= 0.3 is 0 Å². The van der Waals surface area contributed by atoms with Crippen LogP contribution in [-0.2, 0) is 6.54 Å². The molecule has 1 N–H and O–H groups in total. The number of nitrogens with one attached hydrogen (secondary N) is 1.